The summed E-state index contributed by atoms with van der Waals surface area (Å²) >= 11 is 3.23. The second kappa shape index (κ2) is 18.5. The number of nitrogens with two attached hydrogens (primary N) is 1. The number of nitrogen functional groups attached to an aromatic ring is 1. The van der Waals surface area contributed by atoms with Crippen LogP contribution in [0.5, 0.6) is 0 Å². The van der Waals surface area contributed by atoms with Crippen LogP contribution in [-0.4, -0.2) is 26.0 Å². The molecule has 0 unspecified atom stereocenters. The average molecular weight is 847 g/mol. The molecule has 0 spiro atoms. The van der Waals surface area contributed by atoms with Gasteiger partial charge in [0.15, 0.2) is 0 Å². The number of hydrogen-bond acceptors (Lipinski definition) is 4. The van der Waals surface area contributed by atoms with Gasteiger partial charge in [-0.25, -0.2) is 0 Å². The first-order valence-corrected chi connectivity index (χ1v) is 24.6. The van der Waals surface area contributed by atoms with E-state index in [9.17, 15) is 8.42 Å². The molecule has 2 aliphatic carbocycles. The molecule has 0 saturated heterocycles. The quantitative estimate of drug-likeness (QED) is 0.0980. The summed E-state index contributed by atoms with van der Waals surface area (Å²) in [6, 6.07) is 29.7. The zero-order chi connectivity index (χ0) is 38.3. The summed E-state index contributed by atoms with van der Waals surface area (Å²) in [5.74, 6) is 1.18. The summed E-state index contributed by atoms with van der Waals surface area (Å²) in [7, 11) is -6.61. The average Bonchev–Trinajstić information content (AvgIpc) is 3.14. The van der Waals surface area contributed by atoms with Crippen LogP contribution in [0.4, 0.5) is 5.69 Å². The van der Waals surface area contributed by atoms with Gasteiger partial charge in [-0.3, -0.25) is 0 Å². The molecule has 6 rings (SSSR count). The van der Waals surface area contributed by atoms with Gasteiger partial charge in [-0.15, -0.1) is 0 Å². The third kappa shape index (κ3) is 9.93. The number of rotatable bonds is 10. The zero-order valence-corrected chi connectivity index (χ0v) is 36.4. The van der Waals surface area contributed by atoms with Gasteiger partial charge in [0.25, 0.3) is 0 Å². The molecule has 2 saturated carbocycles. The molecule has 2 aliphatic rings. The van der Waals surface area contributed by atoms with Crippen molar-refractivity contribution >= 4 is 32.6 Å². The van der Waals surface area contributed by atoms with Gasteiger partial charge in [0.1, 0.15) is 0 Å². The molecule has 291 valence electrons. The van der Waals surface area contributed by atoms with Crippen molar-refractivity contribution in [3.63, 3.8) is 0 Å². The van der Waals surface area contributed by atoms with Crippen LogP contribution >= 0.6 is 7.49 Å². The summed E-state index contributed by atoms with van der Waals surface area (Å²) in [5, 5.41) is 1.25. The molecule has 0 heterocycles. The van der Waals surface area contributed by atoms with Crippen molar-refractivity contribution in [2.45, 2.75) is 135 Å². The standard InChI is InChI=1S/C34H53O3PS.C12H10N.Pd/c1-24(2)27-22-31(25(3)4)34(32(23-27)26(5)6)30-20-14-15-21-33(30)38(37-39(7,35)36,28-16-10-8-11-17-28)29-18-12-9-13-19-29;13-12-9-5-4-8-11(12)10-6-2-1-3-7-10;/h14-15,20-26,28-29,38H,8-13,16-19H2,1-7H3;1-6,8-9H,13H2;. The minimum atomic E-state index is -3.64. The van der Waals surface area contributed by atoms with Gasteiger partial charge in [-0.2, -0.15) is 0 Å². The Labute approximate surface area is 333 Å². The molecule has 0 atom stereocenters. The fraction of sp³-hybridized carbons (Fsp3) is 0.478. The Morgan fingerprint density at radius 2 is 1.09 bits per heavy atom. The molecule has 0 radical (unpaired) electrons. The molecule has 7 heteroatoms. The van der Waals surface area contributed by atoms with Crippen molar-refractivity contribution in [3.05, 3.63) is 102 Å². The monoisotopic (exact) mass is 846 g/mol. The Bertz CT molecular complexity index is 1840. The number of hydrogen-bond donors (Lipinski definition) is 1. The van der Waals surface area contributed by atoms with Crippen LogP contribution < -0.4 is 15.1 Å². The molecule has 2 fully saturated rings. The fourth-order valence-corrected chi connectivity index (χ4v) is 18.0. The Hall–Kier alpha value is -2.32. The van der Waals surface area contributed by atoms with E-state index in [4.69, 9.17) is 9.70 Å². The SMILES string of the molecule is CC(C)c1cc(C(C)C)c(-c2ccccc2[PH](OS(C)(=O)=O)(C2CCCCC2)C2CCCCC2)c(C(C)C)c1.Nc1ccccc1-c1cccc[c]1[Pd]. The van der Waals surface area contributed by atoms with Gasteiger partial charge in [-0.1, -0.05) is 0 Å². The first-order valence-electron chi connectivity index (χ1n) is 20.0. The molecule has 0 aliphatic heterocycles. The van der Waals surface area contributed by atoms with Crippen LogP contribution in [0.15, 0.2) is 84.9 Å². The van der Waals surface area contributed by atoms with Crippen LogP contribution in [-0.2, 0) is 33.3 Å². The van der Waals surface area contributed by atoms with E-state index in [1.165, 1.54) is 77.9 Å². The fourth-order valence-electron chi connectivity index (χ4n) is 8.98. The van der Waals surface area contributed by atoms with E-state index in [-0.39, 0.29) is 0 Å². The van der Waals surface area contributed by atoms with Gasteiger partial charge in [0.05, 0.1) is 0 Å². The Kier molecular flexibility index (Phi) is 14.6. The van der Waals surface area contributed by atoms with E-state index in [0.717, 1.165) is 46.5 Å². The summed E-state index contributed by atoms with van der Waals surface area (Å²) in [6.45, 7) is 13.8. The number of benzene rings is 4. The van der Waals surface area contributed by atoms with Crippen molar-refractivity contribution in [2.75, 3.05) is 12.0 Å². The van der Waals surface area contributed by atoms with Gasteiger partial charge in [0, 0.05) is 0 Å². The molecule has 2 N–H and O–H groups in total. The van der Waals surface area contributed by atoms with Gasteiger partial charge >= 0.3 is 335 Å². The van der Waals surface area contributed by atoms with Gasteiger partial charge in [-0.05, 0) is 0 Å². The van der Waals surface area contributed by atoms with Crippen LogP contribution in [0.1, 0.15) is 140 Å². The number of anilines is 1. The Balaban J connectivity index is 0.000000322. The summed E-state index contributed by atoms with van der Waals surface area (Å²) in [6.07, 6.45) is 12.9. The summed E-state index contributed by atoms with van der Waals surface area (Å²) in [4.78, 5) is 0. The van der Waals surface area contributed by atoms with E-state index in [1.54, 1.807) is 0 Å². The molecular formula is C46H63NO3PPdS. The zero-order valence-electron chi connectivity index (χ0n) is 33.1. The maximum absolute atomic E-state index is 13.2. The predicted octanol–water partition coefficient (Wildman–Crippen LogP) is 11.8. The second-order valence-electron chi connectivity index (χ2n) is 16.4. The third-order valence-corrected chi connectivity index (χ3v) is 19.4. The second-order valence-corrected chi connectivity index (χ2v) is 23.0. The molecule has 4 aromatic rings. The molecule has 53 heavy (non-hydrogen) atoms. The van der Waals surface area contributed by atoms with E-state index >= 15 is 0 Å². The van der Waals surface area contributed by atoms with Gasteiger partial charge in [0.2, 0.25) is 0 Å². The van der Waals surface area contributed by atoms with E-state index in [2.05, 4.69) is 103 Å². The summed E-state index contributed by atoms with van der Waals surface area (Å²) < 4.78 is 34.3. The van der Waals surface area contributed by atoms with Crippen molar-refractivity contribution < 1.29 is 31.6 Å². The molecule has 4 nitrogen and oxygen atoms in total. The molecule has 4 aromatic carbocycles. The van der Waals surface area contributed by atoms with Gasteiger partial charge < -0.3 is 0 Å². The van der Waals surface area contributed by atoms with E-state index in [1.807, 2.05) is 42.5 Å². The minimum absolute atomic E-state index is 0.338. The van der Waals surface area contributed by atoms with Crippen molar-refractivity contribution in [1.29, 1.82) is 0 Å². The first kappa shape index (κ1) is 41.8. The molecule has 0 amide bonds. The van der Waals surface area contributed by atoms with E-state index < -0.39 is 17.6 Å². The Morgan fingerprint density at radius 1 is 0.642 bits per heavy atom. The van der Waals surface area contributed by atoms with E-state index in [0.29, 0.717) is 29.1 Å². The molecular weight excluding hydrogens is 784 g/mol. The van der Waals surface area contributed by atoms with Crippen molar-refractivity contribution in [2.24, 2.45) is 0 Å². The Morgan fingerprint density at radius 3 is 1.55 bits per heavy atom. The normalized spacial score (nSPS) is 16.5. The topological polar surface area (TPSA) is 69.4 Å². The van der Waals surface area contributed by atoms with Crippen molar-refractivity contribution in [3.8, 4) is 22.3 Å². The molecule has 0 bridgehead atoms. The molecule has 0 aromatic heterocycles. The predicted molar refractivity (Wildman–Crippen MR) is 228 cm³/mol. The van der Waals surface area contributed by atoms with Crippen LogP contribution in [0.3, 0.4) is 0 Å². The van der Waals surface area contributed by atoms with Crippen LogP contribution in [0.2, 0.25) is 0 Å². The number of para-hydroxylation sites is 1. The van der Waals surface area contributed by atoms with Crippen LogP contribution in [0.25, 0.3) is 22.3 Å². The third-order valence-electron chi connectivity index (χ3n) is 11.6. The summed E-state index contributed by atoms with van der Waals surface area (Å²) in [5.41, 5.74) is 16.3. The maximum atomic E-state index is 13.2. The van der Waals surface area contributed by atoms with Crippen LogP contribution in [0, 0.1) is 0 Å². The van der Waals surface area contributed by atoms with Crippen molar-refractivity contribution in [1.82, 2.24) is 0 Å². The first-order chi connectivity index (χ1) is 25.2.